The number of carbonyl (C=O) groups excluding carboxylic acids is 3. The molecule has 0 spiro atoms. The molecule has 0 rings (SSSR count). The molecule has 0 heterocycles. The van der Waals surface area contributed by atoms with Gasteiger partial charge in [0.1, 0.15) is 18.1 Å². The monoisotopic (exact) mass is 374 g/mol. The van der Waals surface area contributed by atoms with Gasteiger partial charge in [0.05, 0.1) is 12.6 Å². The SMILES string of the molecule is CC(C)C(NC(=O)C(NC(=O)CNC(=O)C(N)C(C)O)C(C)C)C(=O)O. The van der Waals surface area contributed by atoms with E-state index in [2.05, 4.69) is 16.0 Å². The average Bonchev–Trinajstić information content (AvgIpc) is 2.53. The summed E-state index contributed by atoms with van der Waals surface area (Å²) < 4.78 is 0. The van der Waals surface area contributed by atoms with Gasteiger partial charge in [0, 0.05) is 0 Å². The molecule has 0 radical (unpaired) electrons. The van der Waals surface area contributed by atoms with Crippen molar-refractivity contribution in [1.29, 1.82) is 0 Å². The third-order valence-electron chi connectivity index (χ3n) is 3.74. The molecule has 0 bridgehead atoms. The van der Waals surface area contributed by atoms with Crippen LogP contribution in [0.15, 0.2) is 0 Å². The van der Waals surface area contributed by atoms with Crippen molar-refractivity contribution in [3.05, 3.63) is 0 Å². The second kappa shape index (κ2) is 10.7. The summed E-state index contributed by atoms with van der Waals surface area (Å²) in [6.45, 7) is 7.61. The molecular formula is C16H30N4O6. The van der Waals surface area contributed by atoms with E-state index >= 15 is 0 Å². The fourth-order valence-electron chi connectivity index (χ4n) is 2.02. The summed E-state index contributed by atoms with van der Waals surface area (Å²) in [5, 5.41) is 25.5. The van der Waals surface area contributed by atoms with Gasteiger partial charge in [-0.15, -0.1) is 0 Å². The topological polar surface area (TPSA) is 171 Å². The molecule has 0 aromatic carbocycles. The highest BCUT2D eigenvalue weighted by molar-refractivity contribution is 5.92. The number of carboxylic acid groups (broad SMARTS) is 1. The minimum atomic E-state index is -1.17. The van der Waals surface area contributed by atoms with E-state index in [1.807, 2.05) is 0 Å². The zero-order valence-corrected chi connectivity index (χ0v) is 15.8. The van der Waals surface area contributed by atoms with E-state index in [0.717, 1.165) is 0 Å². The van der Waals surface area contributed by atoms with Gasteiger partial charge in [0.2, 0.25) is 17.7 Å². The molecule has 0 aromatic heterocycles. The lowest BCUT2D eigenvalue weighted by molar-refractivity contribution is -0.143. The van der Waals surface area contributed by atoms with Gasteiger partial charge in [-0.25, -0.2) is 4.79 Å². The highest BCUT2D eigenvalue weighted by Crippen LogP contribution is 2.06. The Morgan fingerprint density at radius 1 is 0.885 bits per heavy atom. The number of aliphatic hydroxyl groups is 1. The molecule has 0 aromatic rings. The normalized spacial score (nSPS) is 15.7. The van der Waals surface area contributed by atoms with E-state index in [-0.39, 0.29) is 11.8 Å². The molecule has 4 unspecified atom stereocenters. The van der Waals surface area contributed by atoms with Crippen molar-refractivity contribution in [3.63, 3.8) is 0 Å². The van der Waals surface area contributed by atoms with Crippen molar-refractivity contribution in [2.45, 2.75) is 58.8 Å². The van der Waals surface area contributed by atoms with Crippen LogP contribution < -0.4 is 21.7 Å². The molecule has 0 aliphatic heterocycles. The van der Waals surface area contributed by atoms with E-state index in [1.165, 1.54) is 6.92 Å². The standard InChI is InChI=1S/C16H30N4O6/c1-7(2)12(15(24)20-13(8(3)4)16(25)26)19-10(22)6-18-14(23)11(17)9(5)21/h7-9,11-13,21H,6,17H2,1-5H3,(H,18,23)(H,19,22)(H,20,24)(H,25,26). The third kappa shape index (κ3) is 7.79. The Hall–Kier alpha value is -2.20. The van der Waals surface area contributed by atoms with E-state index in [1.54, 1.807) is 27.7 Å². The van der Waals surface area contributed by atoms with Crippen molar-refractivity contribution in [3.8, 4) is 0 Å². The minimum Gasteiger partial charge on any atom is -0.480 e. The molecule has 0 saturated heterocycles. The number of nitrogens with one attached hydrogen (secondary N) is 3. The maximum Gasteiger partial charge on any atom is 0.326 e. The lowest BCUT2D eigenvalue weighted by Crippen LogP contribution is -2.56. The van der Waals surface area contributed by atoms with Crippen molar-refractivity contribution < 1.29 is 29.4 Å². The Bertz CT molecular complexity index is 521. The summed E-state index contributed by atoms with van der Waals surface area (Å²) in [5.41, 5.74) is 5.44. The summed E-state index contributed by atoms with van der Waals surface area (Å²) in [4.78, 5) is 47.2. The van der Waals surface area contributed by atoms with Crippen LogP contribution in [0.1, 0.15) is 34.6 Å². The molecule has 4 atom stereocenters. The predicted molar refractivity (Wildman–Crippen MR) is 93.8 cm³/mol. The second-order valence-electron chi connectivity index (χ2n) is 6.84. The number of aliphatic carboxylic acids is 1. The lowest BCUT2D eigenvalue weighted by Gasteiger charge is -2.25. The summed E-state index contributed by atoms with van der Waals surface area (Å²) in [7, 11) is 0. The van der Waals surface area contributed by atoms with Crippen LogP contribution in [0.25, 0.3) is 0 Å². The molecule has 0 fully saturated rings. The molecule has 0 aliphatic carbocycles. The van der Waals surface area contributed by atoms with E-state index in [4.69, 9.17) is 10.8 Å². The van der Waals surface area contributed by atoms with Crippen molar-refractivity contribution in [2.24, 2.45) is 17.6 Å². The van der Waals surface area contributed by atoms with Crippen molar-refractivity contribution in [1.82, 2.24) is 16.0 Å². The maximum absolute atomic E-state index is 12.3. The maximum atomic E-state index is 12.3. The molecule has 7 N–H and O–H groups in total. The first-order valence-electron chi connectivity index (χ1n) is 8.42. The number of carboxylic acids is 1. The van der Waals surface area contributed by atoms with Gasteiger partial charge in [-0.05, 0) is 18.8 Å². The van der Waals surface area contributed by atoms with E-state index in [9.17, 15) is 24.3 Å². The van der Waals surface area contributed by atoms with Gasteiger partial charge in [-0.3, -0.25) is 14.4 Å². The van der Waals surface area contributed by atoms with Crippen LogP contribution in [0, 0.1) is 11.8 Å². The van der Waals surface area contributed by atoms with Crippen molar-refractivity contribution >= 4 is 23.7 Å². The Labute approximate surface area is 152 Å². The first kappa shape index (κ1) is 23.8. The van der Waals surface area contributed by atoms with E-state index in [0.29, 0.717) is 0 Å². The fourth-order valence-corrected chi connectivity index (χ4v) is 2.02. The smallest absolute Gasteiger partial charge is 0.326 e. The van der Waals surface area contributed by atoms with Crippen LogP contribution in [0.2, 0.25) is 0 Å². The Morgan fingerprint density at radius 3 is 1.77 bits per heavy atom. The van der Waals surface area contributed by atoms with Gasteiger partial charge in [0.15, 0.2) is 0 Å². The molecule has 150 valence electrons. The fraction of sp³-hybridized carbons (Fsp3) is 0.750. The summed E-state index contributed by atoms with van der Waals surface area (Å²) in [5.74, 6) is -3.77. The largest absolute Gasteiger partial charge is 0.480 e. The van der Waals surface area contributed by atoms with Crippen molar-refractivity contribution in [2.75, 3.05) is 6.54 Å². The summed E-state index contributed by atoms with van der Waals surface area (Å²) in [6, 6.07) is -3.22. The number of aliphatic hydroxyl groups excluding tert-OH is 1. The highest BCUT2D eigenvalue weighted by atomic mass is 16.4. The van der Waals surface area contributed by atoms with Crippen LogP contribution in [0.4, 0.5) is 0 Å². The van der Waals surface area contributed by atoms with Gasteiger partial charge in [-0.1, -0.05) is 27.7 Å². The molecule has 26 heavy (non-hydrogen) atoms. The number of carbonyl (C=O) groups is 4. The zero-order valence-electron chi connectivity index (χ0n) is 15.8. The van der Waals surface area contributed by atoms with Crippen LogP contribution >= 0.6 is 0 Å². The first-order valence-corrected chi connectivity index (χ1v) is 8.42. The molecule has 0 aliphatic rings. The molecular weight excluding hydrogens is 344 g/mol. The van der Waals surface area contributed by atoms with Crippen LogP contribution in [-0.4, -0.2) is 64.7 Å². The molecule has 10 heteroatoms. The quantitative estimate of drug-likeness (QED) is 0.261. The molecule has 3 amide bonds. The Balaban J connectivity index is 4.81. The lowest BCUT2D eigenvalue weighted by atomic mass is 10.0. The second-order valence-corrected chi connectivity index (χ2v) is 6.84. The number of nitrogens with two attached hydrogens (primary N) is 1. The molecule has 0 saturated carbocycles. The minimum absolute atomic E-state index is 0.309. The summed E-state index contributed by atoms with van der Waals surface area (Å²) in [6.07, 6.45) is -1.07. The van der Waals surface area contributed by atoms with Crippen LogP contribution in [0.3, 0.4) is 0 Å². The summed E-state index contributed by atoms with van der Waals surface area (Å²) >= 11 is 0. The van der Waals surface area contributed by atoms with Gasteiger partial charge >= 0.3 is 5.97 Å². The zero-order chi connectivity index (χ0) is 20.6. The van der Waals surface area contributed by atoms with Crippen LogP contribution in [0.5, 0.6) is 0 Å². The highest BCUT2D eigenvalue weighted by Gasteiger charge is 2.30. The average molecular weight is 374 g/mol. The first-order chi connectivity index (χ1) is 11.9. The Kier molecular flexibility index (Phi) is 9.81. The van der Waals surface area contributed by atoms with Gasteiger partial charge < -0.3 is 31.9 Å². The van der Waals surface area contributed by atoms with Crippen LogP contribution in [-0.2, 0) is 19.2 Å². The van der Waals surface area contributed by atoms with E-state index < -0.39 is 54.5 Å². The molecule has 10 nitrogen and oxygen atoms in total. The number of amides is 3. The number of hydrogen-bond acceptors (Lipinski definition) is 6. The Morgan fingerprint density at radius 2 is 1.38 bits per heavy atom. The van der Waals surface area contributed by atoms with Gasteiger partial charge in [-0.2, -0.15) is 0 Å². The van der Waals surface area contributed by atoms with Gasteiger partial charge in [0.25, 0.3) is 0 Å². The number of hydrogen-bond donors (Lipinski definition) is 6. The predicted octanol–water partition coefficient (Wildman–Crippen LogP) is -1.82. The number of rotatable bonds is 10. The third-order valence-corrected chi connectivity index (χ3v) is 3.74.